The number of amides is 2. The van der Waals surface area contributed by atoms with E-state index in [4.69, 9.17) is 12.2 Å². The predicted octanol–water partition coefficient (Wildman–Crippen LogP) is 0.911. The third-order valence-electron chi connectivity index (χ3n) is 2.81. The van der Waals surface area contributed by atoms with Crippen molar-refractivity contribution >= 4 is 35.2 Å². The van der Waals surface area contributed by atoms with Crippen LogP contribution in [0.25, 0.3) is 6.08 Å². The van der Waals surface area contributed by atoms with E-state index >= 15 is 0 Å². The van der Waals surface area contributed by atoms with Crippen LogP contribution < -0.4 is 5.32 Å². The van der Waals surface area contributed by atoms with Crippen LogP contribution in [0.15, 0.2) is 36.4 Å². The van der Waals surface area contributed by atoms with E-state index in [1.165, 1.54) is 35.3 Å². The lowest BCUT2D eigenvalue weighted by Gasteiger charge is -2.27. The molecule has 1 aliphatic rings. The molecule has 108 valence electrons. The average molecular weight is 304 g/mol. The van der Waals surface area contributed by atoms with E-state index in [0.717, 1.165) is 0 Å². The first kappa shape index (κ1) is 14.7. The highest BCUT2D eigenvalue weighted by Gasteiger charge is 2.32. The number of benzene rings is 1. The zero-order valence-corrected chi connectivity index (χ0v) is 11.7. The zero-order valence-electron chi connectivity index (χ0n) is 10.9. The first-order chi connectivity index (χ1) is 9.93. The quantitative estimate of drug-likeness (QED) is 0.254. The van der Waals surface area contributed by atoms with Crippen LogP contribution in [0.3, 0.4) is 0 Å². The van der Waals surface area contributed by atoms with Crippen molar-refractivity contribution in [3.05, 3.63) is 42.0 Å². The Hall–Kier alpha value is -2.67. The van der Waals surface area contributed by atoms with Gasteiger partial charge in [0.05, 0.1) is 0 Å². The van der Waals surface area contributed by atoms with Crippen LogP contribution in [0.1, 0.15) is 5.56 Å². The number of aromatic hydroxyl groups is 2. The lowest BCUT2D eigenvalue weighted by molar-refractivity contribution is -0.128. The second-order valence-electron chi connectivity index (χ2n) is 4.26. The smallest absolute Gasteiger partial charge is 0.265 e. The normalized spacial score (nSPS) is 17.0. The van der Waals surface area contributed by atoms with Crippen LogP contribution in [0, 0.1) is 0 Å². The highest BCUT2D eigenvalue weighted by molar-refractivity contribution is 7.80. The van der Waals surface area contributed by atoms with Crippen LogP contribution in [-0.4, -0.2) is 38.6 Å². The Labute approximate surface area is 126 Å². The summed E-state index contributed by atoms with van der Waals surface area (Å²) < 4.78 is 0. The molecule has 0 aliphatic carbocycles. The summed E-state index contributed by atoms with van der Waals surface area (Å²) in [6, 6.07) is 3.80. The van der Waals surface area contributed by atoms with Crippen molar-refractivity contribution in [3.8, 4) is 11.5 Å². The van der Waals surface area contributed by atoms with Gasteiger partial charge in [-0.1, -0.05) is 6.08 Å². The SMILES string of the molecule is C=CCN1C(=O)/C(=C/c2cc(O)ccc2O)C(=O)NC1=S. The van der Waals surface area contributed by atoms with Gasteiger partial charge in [0.1, 0.15) is 17.1 Å². The lowest BCUT2D eigenvalue weighted by atomic mass is 10.1. The number of carbonyl (C=O) groups is 2. The molecule has 1 aliphatic heterocycles. The molecular formula is C14H12N2O4S. The Morgan fingerprint density at radius 3 is 2.71 bits per heavy atom. The lowest BCUT2D eigenvalue weighted by Crippen LogP contribution is -2.53. The number of rotatable bonds is 3. The second-order valence-corrected chi connectivity index (χ2v) is 4.65. The topological polar surface area (TPSA) is 89.9 Å². The molecule has 2 amide bonds. The van der Waals surface area contributed by atoms with E-state index in [9.17, 15) is 19.8 Å². The third kappa shape index (κ3) is 2.92. The molecule has 0 atom stereocenters. The first-order valence-electron chi connectivity index (χ1n) is 5.95. The molecule has 0 bridgehead atoms. The van der Waals surface area contributed by atoms with Crippen LogP contribution >= 0.6 is 12.2 Å². The molecule has 1 heterocycles. The van der Waals surface area contributed by atoms with Gasteiger partial charge in [-0.2, -0.15) is 0 Å². The molecule has 1 saturated heterocycles. The first-order valence-corrected chi connectivity index (χ1v) is 6.36. The third-order valence-corrected chi connectivity index (χ3v) is 3.13. The van der Waals surface area contributed by atoms with Crippen molar-refractivity contribution in [2.75, 3.05) is 6.54 Å². The molecule has 21 heavy (non-hydrogen) atoms. The molecule has 7 heteroatoms. The summed E-state index contributed by atoms with van der Waals surface area (Å²) in [6.45, 7) is 3.67. The van der Waals surface area contributed by atoms with Crippen LogP contribution in [0.5, 0.6) is 11.5 Å². The molecule has 6 nitrogen and oxygen atoms in total. The molecule has 2 rings (SSSR count). The molecule has 0 radical (unpaired) electrons. The fourth-order valence-electron chi connectivity index (χ4n) is 1.80. The minimum absolute atomic E-state index is 0.00202. The van der Waals surface area contributed by atoms with Gasteiger partial charge < -0.3 is 10.2 Å². The monoisotopic (exact) mass is 304 g/mol. The highest BCUT2D eigenvalue weighted by Crippen LogP contribution is 2.25. The highest BCUT2D eigenvalue weighted by atomic mass is 32.1. The number of carbonyl (C=O) groups excluding carboxylic acids is 2. The summed E-state index contributed by atoms with van der Waals surface area (Å²) >= 11 is 4.92. The summed E-state index contributed by atoms with van der Waals surface area (Å²) in [4.78, 5) is 25.3. The fourth-order valence-corrected chi connectivity index (χ4v) is 2.05. The van der Waals surface area contributed by atoms with Gasteiger partial charge >= 0.3 is 0 Å². The number of nitrogens with one attached hydrogen (secondary N) is 1. The molecule has 0 spiro atoms. The summed E-state index contributed by atoms with van der Waals surface area (Å²) in [5.74, 6) is -1.51. The fraction of sp³-hybridized carbons (Fsp3) is 0.0714. The molecule has 0 saturated carbocycles. The van der Waals surface area contributed by atoms with Crippen LogP contribution in [-0.2, 0) is 9.59 Å². The molecular weight excluding hydrogens is 292 g/mol. The van der Waals surface area contributed by atoms with E-state index in [2.05, 4.69) is 11.9 Å². The van der Waals surface area contributed by atoms with E-state index in [1.807, 2.05) is 0 Å². The van der Waals surface area contributed by atoms with Gasteiger partial charge in [-0.25, -0.2) is 0 Å². The largest absolute Gasteiger partial charge is 0.508 e. The van der Waals surface area contributed by atoms with E-state index < -0.39 is 11.8 Å². The van der Waals surface area contributed by atoms with Gasteiger partial charge in [0.25, 0.3) is 11.8 Å². The van der Waals surface area contributed by atoms with Crippen LogP contribution in [0.2, 0.25) is 0 Å². The molecule has 3 N–H and O–H groups in total. The predicted molar refractivity (Wildman–Crippen MR) is 80.4 cm³/mol. The maximum atomic E-state index is 12.3. The molecule has 1 fully saturated rings. The van der Waals surface area contributed by atoms with Crippen molar-refractivity contribution < 1.29 is 19.8 Å². The summed E-state index contributed by atoms with van der Waals surface area (Å²) in [7, 11) is 0. The Morgan fingerprint density at radius 2 is 2.05 bits per heavy atom. The minimum Gasteiger partial charge on any atom is -0.508 e. The summed E-state index contributed by atoms with van der Waals surface area (Å²) in [5.41, 5.74) is -0.0359. The molecule has 0 unspecified atom stereocenters. The van der Waals surface area contributed by atoms with E-state index in [-0.39, 0.29) is 34.3 Å². The molecule has 1 aromatic carbocycles. The standard InChI is InChI=1S/C14H12N2O4S/c1-2-5-16-13(20)10(12(19)15-14(16)21)7-8-6-9(17)3-4-11(8)18/h2-4,6-7,17-18H,1,5H2,(H,15,19,21)/b10-7+. The van der Waals surface area contributed by atoms with Gasteiger partial charge in [0.2, 0.25) is 0 Å². The number of phenols is 2. The van der Waals surface area contributed by atoms with Crippen molar-refractivity contribution in [1.82, 2.24) is 10.2 Å². The van der Waals surface area contributed by atoms with Crippen molar-refractivity contribution in [1.29, 1.82) is 0 Å². The number of hydrogen-bond acceptors (Lipinski definition) is 5. The van der Waals surface area contributed by atoms with Crippen molar-refractivity contribution in [2.24, 2.45) is 0 Å². The van der Waals surface area contributed by atoms with Gasteiger partial charge in [0.15, 0.2) is 5.11 Å². The van der Waals surface area contributed by atoms with Crippen molar-refractivity contribution in [3.63, 3.8) is 0 Å². The number of thiocarbonyl (C=S) groups is 1. The van der Waals surface area contributed by atoms with Crippen molar-refractivity contribution in [2.45, 2.75) is 0 Å². The van der Waals surface area contributed by atoms with E-state index in [0.29, 0.717) is 0 Å². The average Bonchev–Trinajstić information content (AvgIpc) is 2.43. The Balaban J connectivity index is 2.45. The maximum Gasteiger partial charge on any atom is 0.265 e. The minimum atomic E-state index is -0.659. The van der Waals surface area contributed by atoms with Crippen LogP contribution in [0.4, 0.5) is 0 Å². The Morgan fingerprint density at radius 1 is 1.33 bits per heavy atom. The zero-order chi connectivity index (χ0) is 15.6. The molecule has 0 aromatic heterocycles. The van der Waals surface area contributed by atoms with Gasteiger partial charge in [0, 0.05) is 12.1 Å². The Kier molecular flexibility index (Phi) is 4.04. The number of phenolic OH excluding ortho intramolecular Hbond substituents is 2. The Bertz CT molecular complexity index is 682. The van der Waals surface area contributed by atoms with Gasteiger partial charge in [-0.15, -0.1) is 6.58 Å². The number of hydrogen-bond donors (Lipinski definition) is 3. The van der Waals surface area contributed by atoms with Gasteiger partial charge in [-0.05, 0) is 36.5 Å². The maximum absolute atomic E-state index is 12.3. The van der Waals surface area contributed by atoms with E-state index in [1.54, 1.807) is 0 Å². The number of nitrogens with zero attached hydrogens (tertiary/aromatic N) is 1. The second kappa shape index (κ2) is 5.76. The summed E-state index contributed by atoms with van der Waals surface area (Å²) in [5, 5.41) is 21.5. The summed E-state index contributed by atoms with van der Waals surface area (Å²) in [6.07, 6.45) is 2.68. The molecule has 1 aromatic rings. The van der Waals surface area contributed by atoms with Gasteiger partial charge in [-0.3, -0.25) is 19.8 Å².